The molecule has 0 saturated heterocycles. The molecular weight excluding hydrogens is 270 g/mol. The van der Waals surface area contributed by atoms with Crippen molar-refractivity contribution in [3.05, 3.63) is 70.5 Å². The lowest BCUT2D eigenvalue weighted by atomic mass is 9.92. The number of nitrogens with one attached hydrogen (secondary N) is 1. The van der Waals surface area contributed by atoms with Gasteiger partial charge in [-0.3, -0.25) is 4.79 Å². The fraction of sp³-hybridized carbons (Fsp3) is 0.250. The Bertz CT molecular complexity index is 826. The van der Waals surface area contributed by atoms with E-state index in [1.807, 2.05) is 12.1 Å². The molecule has 0 aliphatic rings. The molecule has 2 heteroatoms. The lowest BCUT2D eigenvalue weighted by molar-refractivity contribution is 0.642. The van der Waals surface area contributed by atoms with Crippen LogP contribution in [0, 0.1) is 0 Å². The molecule has 0 amide bonds. The molecule has 2 aromatic carbocycles. The van der Waals surface area contributed by atoms with Gasteiger partial charge in [0.1, 0.15) is 0 Å². The normalized spacial score (nSPS) is 11.2. The predicted molar refractivity (Wildman–Crippen MR) is 93.3 cm³/mol. The third-order valence-corrected chi connectivity index (χ3v) is 4.42. The number of H-pyrrole nitrogens is 1. The largest absolute Gasteiger partial charge is 0.322 e. The van der Waals surface area contributed by atoms with Crippen molar-refractivity contribution < 1.29 is 0 Å². The Morgan fingerprint density at radius 3 is 2.23 bits per heavy atom. The molecule has 22 heavy (non-hydrogen) atoms. The highest BCUT2D eigenvalue weighted by atomic mass is 16.1. The zero-order valence-corrected chi connectivity index (χ0v) is 13.1. The number of hydrogen-bond donors (Lipinski definition) is 1. The van der Waals surface area contributed by atoms with Gasteiger partial charge in [-0.05, 0) is 59.0 Å². The van der Waals surface area contributed by atoms with Gasteiger partial charge in [-0.2, -0.15) is 0 Å². The first-order valence-electron chi connectivity index (χ1n) is 7.94. The molecule has 0 radical (unpaired) electrons. The van der Waals surface area contributed by atoms with Crippen molar-refractivity contribution in [3.63, 3.8) is 0 Å². The monoisotopic (exact) mass is 291 g/mol. The van der Waals surface area contributed by atoms with Crippen LogP contribution in [0.2, 0.25) is 0 Å². The van der Waals surface area contributed by atoms with E-state index in [2.05, 4.69) is 55.2 Å². The Balaban J connectivity index is 1.97. The minimum atomic E-state index is -0.0604. The molecule has 3 aromatic rings. The average molecular weight is 291 g/mol. The Kier molecular flexibility index (Phi) is 4.10. The minimum absolute atomic E-state index is 0.0604. The number of benzene rings is 2. The SMILES string of the molecule is CCC(CC)c1ccc(-c2ccc3[nH]c(=O)ccc3c2)cc1. The van der Waals surface area contributed by atoms with Crippen LogP contribution in [0.4, 0.5) is 0 Å². The lowest BCUT2D eigenvalue weighted by Crippen LogP contribution is -2.02. The van der Waals surface area contributed by atoms with E-state index in [-0.39, 0.29) is 5.56 Å². The number of fused-ring (bicyclic) bond motifs is 1. The number of hydrogen-bond acceptors (Lipinski definition) is 1. The minimum Gasteiger partial charge on any atom is -0.322 e. The zero-order chi connectivity index (χ0) is 15.5. The molecule has 1 aromatic heterocycles. The number of rotatable bonds is 4. The van der Waals surface area contributed by atoms with E-state index in [0.717, 1.165) is 10.9 Å². The molecule has 1 heterocycles. The van der Waals surface area contributed by atoms with Crippen molar-refractivity contribution in [2.45, 2.75) is 32.6 Å². The molecule has 0 atom stereocenters. The molecule has 0 spiro atoms. The Labute approximate surface area is 130 Å². The van der Waals surface area contributed by atoms with Gasteiger partial charge in [0.2, 0.25) is 5.56 Å². The molecule has 112 valence electrons. The molecule has 0 saturated carbocycles. The summed E-state index contributed by atoms with van der Waals surface area (Å²) in [4.78, 5) is 14.2. The van der Waals surface area contributed by atoms with E-state index in [1.54, 1.807) is 6.07 Å². The highest BCUT2D eigenvalue weighted by molar-refractivity contribution is 5.84. The summed E-state index contributed by atoms with van der Waals surface area (Å²) in [5, 5.41) is 1.06. The van der Waals surface area contributed by atoms with Crippen LogP contribution in [0.5, 0.6) is 0 Å². The highest BCUT2D eigenvalue weighted by Crippen LogP contribution is 2.27. The van der Waals surface area contributed by atoms with Crippen LogP contribution < -0.4 is 5.56 Å². The number of aromatic amines is 1. The molecule has 0 fully saturated rings. The molecule has 2 nitrogen and oxygen atoms in total. The van der Waals surface area contributed by atoms with Gasteiger partial charge in [0.25, 0.3) is 0 Å². The summed E-state index contributed by atoms with van der Waals surface area (Å²) in [6.07, 6.45) is 2.36. The molecule has 0 aliphatic heterocycles. The van der Waals surface area contributed by atoms with E-state index in [9.17, 15) is 4.79 Å². The van der Waals surface area contributed by atoms with E-state index < -0.39 is 0 Å². The summed E-state index contributed by atoms with van der Waals surface area (Å²) in [6.45, 7) is 4.48. The molecule has 0 aliphatic carbocycles. The molecule has 0 bridgehead atoms. The quantitative estimate of drug-likeness (QED) is 0.712. The topological polar surface area (TPSA) is 32.9 Å². The fourth-order valence-corrected chi connectivity index (χ4v) is 3.04. The first-order chi connectivity index (χ1) is 10.7. The second-order valence-electron chi connectivity index (χ2n) is 5.76. The second-order valence-corrected chi connectivity index (χ2v) is 5.76. The molecule has 3 rings (SSSR count). The van der Waals surface area contributed by atoms with E-state index in [1.165, 1.54) is 29.5 Å². The van der Waals surface area contributed by atoms with Gasteiger partial charge in [0.15, 0.2) is 0 Å². The van der Waals surface area contributed by atoms with Crippen molar-refractivity contribution in [2.24, 2.45) is 0 Å². The third kappa shape index (κ3) is 2.82. The van der Waals surface area contributed by atoms with Gasteiger partial charge in [0.05, 0.1) is 0 Å². The molecular formula is C20H21NO. The Morgan fingerprint density at radius 2 is 1.55 bits per heavy atom. The maximum absolute atomic E-state index is 11.3. The van der Waals surface area contributed by atoms with Gasteiger partial charge >= 0.3 is 0 Å². The first kappa shape index (κ1) is 14.6. The summed E-state index contributed by atoms with van der Waals surface area (Å²) in [5.41, 5.74) is 4.62. The van der Waals surface area contributed by atoms with Crippen LogP contribution in [0.3, 0.4) is 0 Å². The first-order valence-corrected chi connectivity index (χ1v) is 7.94. The van der Waals surface area contributed by atoms with E-state index in [4.69, 9.17) is 0 Å². The number of pyridine rings is 1. The summed E-state index contributed by atoms with van der Waals surface area (Å²) in [5.74, 6) is 0.649. The summed E-state index contributed by atoms with van der Waals surface area (Å²) in [6, 6.07) is 18.5. The summed E-state index contributed by atoms with van der Waals surface area (Å²) in [7, 11) is 0. The lowest BCUT2D eigenvalue weighted by Gasteiger charge is -2.13. The van der Waals surface area contributed by atoms with Crippen LogP contribution in [0.25, 0.3) is 22.0 Å². The molecule has 0 unspecified atom stereocenters. The Morgan fingerprint density at radius 1 is 0.864 bits per heavy atom. The summed E-state index contributed by atoms with van der Waals surface area (Å²) < 4.78 is 0. The van der Waals surface area contributed by atoms with E-state index >= 15 is 0 Å². The average Bonchev–Trinajstić information content (AvgIpc) is 2.56. The smallest absolute Gasteiger partial charge is 0.248 e. The fourth-order valence-electron chi connectivity index (χ4n) is 3.04. The number of aromatic nitrogens is 1. The maximum Gasteiger partial charge on any atom is 0.248 e. The van der Waals surface area contributed by atoms with Crippen LogP contribution in [-0.2, 0) is 0 Å². The van der Waals surface area contributed by atoms with Crippen molar-refractivity contribution in [1.82, 2.24) is 4.98 Å². The van der Waals surface area contributed by atoms with Crippen molar-refractivity contribution in [2.75, 3.05) is 0 Å². The Hall–Kier alpha value is -2.35. The van der Waals surface area contributed by atoms with Crippen LogP contribution in [0.15, 0.2) is 59.4 Å². The van der Waals surface area contributed by atoms with Crippen molar-refractivity contribution in [3.8, 4) is 11.1 Å². The van der Waals surface area contributed by atoms with Gasteiger partial charge in [-0.1, -0.05) is 44.2 Å². The van der Waals surface area contributed by atoms with E-state index in [0.29, 0.717) is 5.92 Å². The van der Waals surface area contributed by atoms with Crippen LogP contribution in [-0.4, -0.2) is 4.98 Å². The van der Waals surface area contributed by atoms with Crippen molar-refractivity contribution in [1.29, 1.82) is 0 Å². The zero-order valence-electron chi connectivity index (χ0n) is 13.1. The van der Waals surface area contributed by atoms with Gasteiger partial charge in [-0.25, -0.2) is 0 Å². The standard InChI is InChI=1S/C20H21NO/c1-3-14(4-2)15-5-7-16(8-6-15)17-9-11-19-18(13-17)10-12-20(22)21-19/h5-14H,3-4H2,1-2H3,(H,21,22). The predicted octanol–water partition coefficient (Wildman–Crippen LogP) is 5.10. The maximum atomic E-state index is 11.3. The molecule has 1 N–H and O–H groups in total. The van der Waals surface area contributed by atoms with Crippen molar-refractivity contribution >= 4 is 10.9 Å². The second kappa shape index (κ2) is 6.18. The summed E-state index contributed by atoms with van der Waals surface area (Å²) >= 11 is 0. The van der Waals surface area contributed by atoms with Crippen LogP contribution in [0.1, 0.15) is 38.2 Å². The van der Waals surface area contributed by atoms with Gasteiger partial charge < -0.3 is 4.98 Å². The highest BCUT2D eigenvalue weighted by Gasteiger charge is 2.07. The van der Waals surface area contributed by atoms with Crippen LogP contribution >= 0.6 is 0 Å². The third-order valence-electron chi connectivity index (χ3n) is 4.42. The van der Waals surface area contributed by atoms with Gasteiger partial charge in [-0.15, -0.1) is 0 Å². The van der Waals surface area contributed by atoms with Gasteiger partial charge in [0, 0.05) is 11.6 Å².